The molecule has 0 radical (unpaired) electrons. The number of cyclic esters (lactones) is 1. The van der Waals surface area contributed by atoms with E-state index in [0.29, 0.717) is 24.7 Å². The largest absolute Gasteiger partial charge is 0.457 e. The molecule has 0 spiro atoms. The zero-order chi connectivity index (χ0) is 37.8. The van der Waals surface area contributed by atoms with E-state index >= 15 is 0 Å². The Morgan fingerprint density at radius 2 is 1.67 bits per heavy atom. The minimum atomic E-state index is -2.20. The van der Waals surface area contributed by atoms with Gasteiger partial charge in [-0.1, -0.05) is 99.6 Å². The van der Waals surface area contributed by atoms with E-state index in [1.165, 1.54) is 0 Å². The van der Waals surface area contributed by atoms with Crippen molar-refractivity contribution in [2.24, 2.45) is 17.8 Å². The molecule has 0 aliphatic carbocycles. The Morgan fingerprint density at radius 1 is 1.08 bits per heavy atom. The fraction of sp³-hybridized carbons (Fsp3) is 0.825. The molecule has 2 aliphatic rings. The van der Waals surface area contributed by atoms with Gasteiger partial charge < -0.3 is 28.5 Å². The van der Waals surface area contributed by atoms with Crippen molar-refractivity contribution in [2.45, 2.75) is 194 Å². The normalized spacial score (nSPS) is 31.9. The predicted octanol–water partition coefficient (Wildman–Crippen LogP) is 9.51. The molecule has 10 atom stereocenters. The monoisotopic (exact) mass is 722 g/mol. The molecule has 0 unspecified atom stereocenters. The molecule has 49 heavy (non-hydrogen) atoms. The number of aliphatic hydroxyl groups is 2. The van der Waals surface area contributed by atoms with Crippen LogP contribution >= 0.6 is 0 Å². The Hall–Kier alpha value is -1.08. The van der Waals surface area contributed by atoms with Gasteiger partial charge in [0.2, 0.25) is 0 Å². The smallest absolute Gasteiger partial charge is 0.308 e. The molecule has 1 saturated heterocycles. The molecule has 0 bridgehead atoms. The Labute approximate surface area is 302 Å². The van der Waals surface area contributed by atoms with Crippen LogP contribution in [-0.4, -0.2) is 75.0 Å². The highest BCUT2D eigenvalue weighted by Gasteiger charge is 2.48. The maximum atomic E-state index is 13.4. The standard InChI is InChI=1S/C40H74O7Si2/c1-17-32(47-49(15,16)39(9,10)11)30(5)37-33(44-37)25-27(2)19-18-20-28(3)36-29(4)21-22-34(41)40(12,43)24-23-31(26-35(42)45-36)46-48(13,14)38(6,7)8/h18-22,27,29-34,36-37,41,43H,17,23-26H2,1-16H3/t27-,29+,30-,31-,32+,33-,34+,36-,37-,40-/m1/s1. The highest BCUT2D eigenvalue weighted by Crippen LogP contribution is 2.42. The second-order valence-corrected chi connectivity index (χ2v) is 28.0. The van der Waals surface area contributed by atoms with Crippen LogP contribution in [0.1, 0.15) is 115 Å². The molecule has 0 aromatic heterocycles. The number of hydrogen-bond acceptors (Lipinski definition) is 7. The maximum absolute atomic E-state index is 13.4. The lowest BCUT2D eigenvalue weighted by Gasteiger charge is -2.40. The van der Waals surface area contributed by atoms with Crippen LogP contribution < -0.4 is 0 Å². The Bertz CT molecular complexity index is 1160. The van der Waals surface area contributed by atoms with E-state index in [1.54, 1.807) is 13.0 Å². The molecule has 0 aromatic carbocycles. The van der Waals surface area contributed by atoms with Gasteiger partial charge >= 0.3 is 5.97 Å². The minimum Gasteiger partial charge on any atom is -0.457 e. The van der Waals surface area contributed by atoms with Crippen LogP contribution in [0.15, 0.2) is 36.0 Å². The summed E-state index contributed by atoms with van der Waals surface area (Å²) >= 11 is 0. The van der Waals surface area contributed by atoms with Crippen molar-refractivity contribution in [3.05, 3.63) is 36.0 Å². The first-order valence-electron chi connectivity index (χ1n) is 18.9. The maximum Gasteiger partial charge on any atom is 0.308 e. The van der Waals surface area contributed by atoms with Gasteiger partial charge in [-0.3, -0.25) is 4.79 Å². The number of esters is 1. The second kappa shape index (κ2) is 17.2. The average molecular weight is 723 g/mol. The molecular formula is C40H74O7Si2. The third-order valence-electron chi connectivity index (χ3n) is 11.8. The lowest BCUT2D eigenvalue weighted by molar-refractivity contribution is -0.151. The highest BCUT2D eigenvalue weighted by molar-refractivity contribution is 6.74. The molecule has 0 aromatic rings. The van der Waals surface area contributed by atoms with Gasteiger partial charge in [-0.05, 0) is 87.3 Å². The first kappa shape index (κ1) is 44.1. The van der Waals surface area contributed by atoms with Gasteiger partial charge in [-0.2, -0.15) is 0 Å². The molecule has 1 fully saturated rings. The molecule has 2 N–H and O–H groups in total. The fourth-order valence-corrected chi connectivity index (χ4v) is 8.93. The quantitative estimate of drug-likeness (QED) is 0.0681. The average Bonchev–Trinajstić information content (AvgIpc) is 3.72. The van der Waals surface area contributed by atoms with Gasteiger partial charge in [-0.25, -0.2) is 0 Å². The SMILES string of the molecule is CC[C@H](O[Si](C)(C)C(C)(C)C)[C@@H](C)[C@H]1O[C@@H]1C[C@H](C)C=CC=C(C)[C@H]1OC(=O)C[C@H](O[Si](C)(C)C(C)(C)C)CC[C@@](C)(O)[C@@H](O)C=C[C@@H]1C. The predicted molar refractivity (Wildman–Crippen MR) is 208 cm³/mol. The summed E-state index contributed by atoms with van der Waals surface area (Å²) in [5.41, 5.74) is -0.429. The van der Waals surface area contributed by atoms with E-state index in [9.17, 15) is 15.0 Å². The molecule has 0 saturated carbocycles. The second-order valence-electron chi connectivity index (χ2n) is 18.5. The number of hydrogen-bond donors (Lipinski definition) is 2. The van der Waals surface area contributed by atoms with Crippen LogP contribution in [0.4, 0.5) is 0 Å². The molecule has 284 valence electrons. The third kappa shape index (κ3) is 12.8. The molecule has 2 aliphatic heterocycles. The lowest BCUT2D eigenvalue weighted by Crippen LogP contribution is -2.46. The molecule has 2 heterocycles. The number of epoxide rings is 1. The van der Waals surface area contributed by atoms with E-state index < -0.39 is 40.5 Å². The van der Waals surface area contributed by atoms with E-state index in [0.717, 1.165) is 18.4 Å². The van der Waals surface area contributed by atoms with Crippen molar-refractivity contribution < 1.29 is 33.3 Å². The van der Waals surface area contributed by atoms with E-state index in [4.69, 9.17) is 18.3 Å². The number of allylic oxidation sites excluding steroid dienone is 3. The lowest BCUT2D eigenvalue weighted by atomic mass is 9.89. The molecule has 9 heteroatoms. The van der Waals surface area contributed by atoms with E-state index in [2.05, 4.69) is 101 Å². The first-order chi connectivity index (χ1) is 22.2. The zero-order valence-corrected chi connectivity index (χ0v) is 36.1. The van der Waals surface area contributed by atoms with Gasteiger partial charge in [0.25, 0.3) is 0 Å². The van der Waals surface area contributed by atoms with E-state index in [-0.39, 0.29) is 46.7 Å². The summed E-state index contributed by atoms with van der Waals surface area (Å²) in [5, 5.41) is 22.2. The number of ether oxygens (including phenoxy) is 2. The van der Waals surface area contributed by atoms with Crippen LogP contribution in [0.5, 0.6) is 0 Å². The van der Waals surface area contributed by atoms with E-state index in [1.807, 2.05) is 26.0 Å². The molecule has 2 rings (SSSR count). The number of carbonyl (C=O) groups is 1. The first-order valence-corrected chi connectivity index (χ1v) is 24.7. The fourth-order valence-electron chi connectivity index (χ4n) is 6.05. The number of aliphatic hydroxyl groups excluding tert-OH is 1. The summed E-state index contributed by atoms with van der Waals surface area (Å²) in [5.74, 6) is 0.142. The summed E-state index contributed by atoms with van der Waals surface area (Å²) in [6.07, 6.45) is 11.2. The van der Waals surface area contributed by atoms with Crippen LogP contribution in [0.25, 0.3) is 0 Å². The Morgan fingerprint density at radius 3 is 2.22 bits per heavy atom. The Kier molecular flexibility index (Phi) is 15.4. The highest BCUT2D eigenvalue weighted by atomic mass is 28.4. The van der Waals surface area contributed by atoms with Gasteiger partial charge in [0.05, 0.1) is 30.3 Å². The minimum absolute atomic E-state index is 0.0347. The van der Waals surface area contributed by atoms with Crippen LogP contribution in [0, 0.1) is 17.8 Å². The molecule has 7 nitrogen and oxygen atoms in total. The summed E-state index contributed by atoms with van der Waals surface area (Å²) < 4.78 is 25.8. The summed E-state index contributed by atoms with van der Waals surface area (Å²) in [6.45, 7) is 34.7. The van der Waals surface area contributed by atoms with Gasteiger partial charge in [0, 0.05) is 17.9 Å². The number of carbonyl (C=O) groups excluding carboxylic acids is 1. The Balaban J connectivity index is 2.14. The summed E-state index contributed by atoms with van der Waals surface area (Å²) in [6, 6.07) is 0. The topological polar surface area (TPSA) is 97.8 Å². The van der Waals surface area contributed by atoms with Gasteiger partial charge in [0.1, 0.15) is 12.2 Å². The van der Waals surface area contributed by atoms with Crippen molar-refractivity contribution in [2.75, 3.05) is 0 Å². The van der Waals surface area contributed by atoms with Crippen molar-refractivity contribution >= 4 is 22.6 Å². The van der Waals surface area contributed by atoms with Crippen LogP contribution in [-0.2, 0) is 23.1 Å². The molecule has 0 amide bonds. The summed E-state index contributed by atoms with van der Waals surface area (Å²) in [4.78, 5) is 13.4. The molecular weight excluding hydrogens is 649 g/mol. The van der Waals surface area contributed by atoms with Crippen molar-refractivity contribution in [3.8, 4) is 0 Å². The van der Waals surface area contributed by atoms with Crippen LogP contribution in [0.3, 0.4) is 0 Å². The van der Waals surface area contributed by atoms with Gasteiger partial charge in [0.15, 0.2) is 16.6 Å². The number of rotatable bonds is 12. The van der Waals surface area contributed by atoms with Crippen LogP contribution in [0.2, 0.25) is 36.3 Å². The van der Waals surface area contributed by atoms with Crippen molar-refractivity contribution in [1.29, 1.82) is 0 Å². The third-order valence-corrected chi connectivity index (χ3v) is 20.9. The van der Waals surface area contributed by atoms with Gasteiger partial charge in [-0.15, -0.1) is 0 Å². The van der Waals surface area contributed by atoms with Crippen molar-refractivity contribution in [3.63, 3.8) is 0 Å². The zero-order valence-electron chi connectivity index (χ0n) is 34.1. The van der Waals surface area contributed by atoms with Crippen molar-refractivity contribution in [1.82, 2.24) is 0 Å². The summed E-state index contributed by atoms with van der Waals surface area (Å²) in [7, 11) is -4.06.